The van der Waals surface area contributed by atoms with Crippen LogP contribution in [0.25, 0.3) is 0 Å². The van der Waals surface area contributed by atoms with Crippen molar-refractivity contribution < 1.29 is 14.3 Å². The van der Waals surface area contributed by atoms with Crippen LogP contribution in [0, 0.1) is 0 Å². The number of rotatable bonds is 3. The van der Waals surface area contributed by atoms with Gasteiger partial charge in [-0.2, -0.15) is 0 Å². The first kappa shape index (κ1) is 16.4. The predicted octanol–water partition coefficient (Wildman–Crippen LogP) is 3.31. The molecule has 1 unspecified atom stereocenters. The molecular formula is C14H18Cl2N2O3. The van der Waals surface area contributed by atoms with Gasteiger partial charge in [-0.1, -0.05) is 23.2 Å². The van der Waals surface area contributed by atoms with Crippen LogP contribution >= 0.6 is 23.2 Å². The molecule has 7 heteroatoms. The van der Waals surface area contributed by atoms with Gasteiger partial charge >= 0.3 is 6.09 Å². The number of halogens is 2. The molecule has 0 aliphatic carbocycles. The first-order chi connectivity index (χ1) is 9.85. The summed E-state index contributed by atoms with van der Waals surface area (Å²) in [5.41, 5.74) is 0.268. The lowest BCUT2D eigenvalue weighted by Crippen LogP contribution is -2.52. The smallest absolute Gasteiger partial charge is 0.411 e. The highest BCUT2D eigenvalue weighted by atomic mass is 35.5. The SMILES string of the molecule is CC1(C)CNCC(COC(=O)Nc2ccc(Cl)c(Cl)c2)O1. The van der Waals surface area contributed by atoms with Gasteiger partial charge in [0, 0.05) is 18.8 Å². The Bertz CT molecular complexity index is 523. The number of morpholine rings is 1. The fourth-order valence-corrected chi connectivity index (χ4v) is 2.36. The van der Waals surface area contributed by atoms with Crippen molar-refractivity contribution in [2.45, 2.75) is 25.6 Å². The number of nitrogens with one attached hydrogen (secondary N) is 2. The molecule has 1 aromatic rings. The van der Waals surface area contributed by atoms with E-state index >= 15 is 0 Å². The zero-order valence-electron chi connectivity index (χ0n) is 11.9. The van der Waals surface area contributed by atoms with Crippen LogP contribution in [-0.4, -0.2) is 37.5 Å². The Morgan fingerprint density at radius 3 is 2.90 bits per heavy atom. The number of carbonyl (C=O) groups is 1. The molecule has 1 aliphatic heterocycles. The van der Waals surface area contributed by atoms with Crippen LogP contribution in [-0.2, 0) is 9.47 Å². The minimum absolute atomic E-state index is 0.159. The van der Waals surface area contributed by atoms with Gasteiger partial charge < -0.3 is 14.8 Å². The second-order valence-corrected chi connectivity index (χ2v) is 6.30. The van der Waals surface area contributed by atoms with Gasteiger partial charge in [-0.15, -0.1) is 0 Å². The van der Waals surface area contributed by atoms with Gasteiger partial charge in [-0.25, -0.2) is 4.79 Å². The molecule has 1 heterocycles. The maximum absolute atomic E-state index is 11.7. The Hall–Kier alpha value is -1.01. The van der Waals surface area contributed by atoms with Crippen LogP contribution in [0.2, 0.25) is 10.0 Å². The summed E-state index contributed by atoms with van der Waals surface area (Å²) in [5, 5.41) is 6.63. The van der Waals surface area contributed by atoms with E-state index in [1.807, 2.05) is 13.8 Å². The standard InChI is InChI=1S/C14H18Cl2N2O3/c1-14(2)8-17-6-10(21-14)7-20-13(19)18-9-3-4-11(15)12(16)5-9/h3-5,10,17H,6-8H2,1-2H3,(H,18,19). The number of hydrogen-bond donors (Lipinski definition) is 2. The van der Waals surface area contributed by atoms with Gasteiger partial charge in [0.25, 0.3) is 0 Å². The van der Waals surface area contributed by atoms with E-state index in [2.05, 4.69) is 10.6 Å². The van der Waals surface area contributed by atoms with Crippen molar-refractivity contribution in [1.82, 2.24) is 5.32 Å². The minimum atomic E-state index is -0.555. The maximum atomic E-state index is 11.7. The Labute approximate surface area is 133 Å². The monoisotopic (exact) mass is 332 g/mol. The highest BCUT2D eigenvalue weighted by Gasteiger charge is 2.28. The highest BCUT2D eigenvalue weighted by Crippen LogP contribution is 2.25. The molecule has 1 aromatic carbocycles. The fourth-order valence-electron chi connectivity index (χ4n) is 2.06. The molecular weight excluding hydrogens is 315 g/mol. The van der Waals surface area contributed by atoms with Crippen molar-refractivity contribution in [1.29, 1.82) is 0 Å². The quantitative estimate of drug-likeness (QED) is 0.891. The number of ether oxygens (including phenoxy) is 2. The first-order valence-electron chi connectivity index (χ1n) is 6.63. The summed E-state index contributed by atoms with van der Waals surface area (Å²) in [4.78, 5) is 11.7. The summed E-state index contributed by atoms with van der Waals surface area (Å²) in [6.07, 6.45) is -0.714. The van der Waals surface area contributed by atoms with Gasteiger partial charge in [-0.05, 0) is 32.0 Å². The Balaban J connectivity index is 1.80. The lowest BCUT2D eigenvalue weighted by atomic mass is 10.1. The van der Waals surface area contributed by atoms with Crippen LogP contribution < -0.4 is 10.6 Å². The van der Waals surface area contributed by atoms with Crippen LogP contribution in [0.4, 0.5) is 10.5 Å². The normalized spacial score (nSPS) is 20.9. The third-order valence-corrected chi connectivity index (χ3v) is 3.71. The molecule has 116 valence electrons. The summed E-state index contributed by atoms with van der Waals surface area (Å²) in [6, 6.07) is 4.82. The maximum Gasteiger partial charge on any atom is 0.411 e. The number of hydrogen-bond acceptors (Lipinski definition) is 4. The van der Waals surface area contributed by atoms with Gasteiger partial charge in [0.2, 0.25) is 0 Å². The van der Waals surface area contributed by atoms with Crippen molar-refractivity contribution >= 4 is 35.0 Å². The third-order valence-electron chi connectivity index (χ3n) is 2.97. The van der Waals surface area contributed by atoms with Gasteiger partial charge in [0.15, 0.2) is 0 Å². The molecule has 1 saturated heterocycles. The largest absolute Gasteiger partial charge is 0.446 e. The van der Waals surface area contributed by atoms with Gasteiger partial charge in [0.1, 0.15) is 12.7 Å². The van der Waals surface area contributed by atoms with Crippen LogP contribution in [0.3, 0.4) is 0 Å². The Morgan fingerprint density at radius 2 is 2.24 bits per heavy atom. The van der Waals surface area contributed by atoms with Crippen molar-refractivity contribution in [3.8, 4) is 0 Å². The van der Waals surface area contributed by atoms with Gasteiger partial charge in [0.05, 0.1) is 15.6 Å². The lowest BCUT2D eigenvalue weighted by Gasteiger charge is -2.36. The van der Waals surface area contributed by atoms with Crippen molar-refractivity contribution in [2.75, 3.05) is 25.0 Å². The molecule has 0 bridgehead atoms. The van der Waals surface area contributed by atoms with Crippen LogP contribution in [0.5, 0.6) is 0 Å². The zero-order chi connectivity index (χ0) is 15.5. The van der Waals surface area contributed by atoms with E-state index < -0.39 is 6.09 Å². The van der Waals surface area contributed by atoms with E-state index in [1.165, 1.54) is 0 Å². The topological polar surface area (TPSA) is 59.6 Å². The second-order valence-electron chi connectivity index (χ2n) is 5.48. The molecule has 1 amide bonds. The average molecular weight is 333 g/mol. The third kappa shape index (κ3) is 5.04. The first-order valence-corrected chi connectivity index (χ1v) is 7.39. The van der Waals surface area contributed by atoms with Crippen molar-refractivity contribution in [2.24, 2.45) is 0 Å². The molecule has 21 heavy (non-hydrogen) atoms. The fraction of sp³-hybridized carbons (Fsp3) is 0.500. The van der Waals surface area contributed by atoms with Gasteiger partial charge in [-0.3, -0.25) is 5.32 Å². The summed E-state index contributed by atoms with van der Waals surface area (Å²) >= 11 is 11.7. The zero-order valence-corrected chi connectivity index (χ0v) is 13.4. The van der Waals surface area contributed by atoms with E-state index in [1.54, 1.807) is 18.2 Å². The summed E-state index contributed by atoms with van der Waals surface area (Å²) in [7, 11) is 0. The molecule has 0 spiro atoms. The summed E-state index contributed by atoms with van der Waals surface area (Å²) in [6.45, 7) is 5.59. The molecule has 5 nitrogen and oxygen atoms in total. The highest BCUT2D eigenvalue weighted by molar-refractivity contribution is 6.42. The van der Waals surface area contributed by atoms with E-state index in [9.17, 15) is 4.79 Å². The molecule has 1 fully saturated rings. The molecule has 1 atom stereocenters. The molecule has 0 radical (unpaired) electrons. The lowest BCUT2D eigenvalue weighted by molar-refractivity contribution is -0.110. The number of anilines is 1. The Kier molecular flexibility index (Phi) is 5.32. The molecule has 0 aromatic heterocycles. The Morgan fingerprint density at radius 1 is 1.48 bits per heavy atom. The van der Waals surface area contributed by atoms with Crippen LogP contribution in [0.15, 0.2) is 18.2 Å². The molecule has 2 rings (SSSR count). The van der Waals surface area contributed by atoms with Crippen molar-refractivity contribution in [3.05, 3.63) is 28.2 Å². The second kappa shape index (κ2) is 6.83. The molecule has 0 saturated carbocycles. The number of carbonyl (C=O) groups excluding carboxylic acids is 1. The minimum Gasteiger partial charge on any atom is -0.446 e. The van der Waals surface area contributed by atoms with E-state index in [0.29, 0.717) is 22.3 Å². The van der Waals surface area contributed by atoms with Crippen LogP contribution in [0.1, 0.15) is 13.8 Å². The molecule has 1 aliphatic rings. The number of benzene rings is 1. The molecule has 2 N–H and O–H groups in total. The predicted molar refractivity (Wildman–Crippen MR) is 83.3 cm³/mol. The van der Waals surface area contributed by atoms with E-state index in [0.717, 1.165) is 6.54 Å². The summed E-state index contributed by atoms with van der Waals surface area (Å²) in [5.74, 6) is 0. The van der Waals surface area contributed by atoms with E-state index in [4.69, 9.17) is 32.7 Å². The number of amides is 1. The van der Waals surface area contributed by atoms with Crippen molar-refractivity contribution in [3.63, 3.8) is 0 Å². The summed E-state index contributed by atoms with van der Waals surface area (Å²) < 4.78 is 11.0. The van der Waals surface area contributed by atoms with E-state index in [-0.39, 0.29) is 18.3 Å². The average Bonchev–Trinajstić information content (AvgIpc) is 2.40.